The van der Waals surface area contributed by atoms with Crippen molar-refractivity contribution in [2.24, 2.45) is 5.73 Å². The summed E-state index contributed by atoms with van der Waals surface area (Å²) in [4.78, 5) is 45.1. The molecule has 0 rings (SSSR count). The number of aliphatic hydroxyl groups is 1. The van der Waals surface area contributed by atoms with Gasteiger partial charge >= 0.3 is 11.9 Å². The molecule has 11 heteroatoms. The summed E-state index contributed by atoms with van der Waals surface area (Å²) in [5, 5.41) is 31.0. The van der Waals surface area contributed by atoms with Crippen LogP contribution in [0.4, 0.5) is 0 Å². The summed E-state index contributed by atoms with van der Waals surface area (Å²) >= 11 is 1.40. The number of carbonyl (C=O) groups is 4. The van der Waals surface area contributed by atoms with E-state index in [2.05, 4.69) is 10.6 Å². The molecule has 0 aliphatic heterocycles. The van der Waals surface area contributed by atoms with Crippen LogP contribution in [0.3, 0.4) is 0 Å². The SMILES string of the molecule is CSCC[C@H](NC(=O)[C@H](CO)NC(=O)[C@@H](N)CC(=O)O)C(=O)O. The molecular weight excluding hydrogens is 330 g/mol. The lowest BCUT2D eigenvalue weighted by atomic mass is 10.1. The molecule has 0 saturated heterocycles. The summed E-state index contributed by atoms with van der Waals surface area (Å²) in [6, 6.07) is -3.96. The van der Waals surface area contributed by atoms with Crippen LogP contribution in [0.2, 0.25) is 0 Å². The van der Waals surface area contributed by atoms with Gasteiger partial charge in [0.05, 0.1) is 19.1 Å². The first-order valence-corrected chi connectivity index (χ1v) is 8.03. The van der Waals surface area contributed by atoms with Gasteiger partial charge in [0, 0.05) is 0 Å². The fraction of sp³-hybridized carbons (Fsp3) is 0.667. The Morgan fingerprint density at radius 1 is 1.09 bits per heavy atom. The second kappa shape index (κ2) is 10.8. The molecule has 0 aliphatic carbocycles. The molecule has 0 aliphatic rings. The number of hydrogen-bond donors (Lipinski definition) is 6. The Bertz CT molecular complexity index is 446. The topological polar surface area (TPSA) is 179 Å². The largest absolute Gasteiger partial charge is 0.481 e. The van der Waals surface area contributed by atoms with Gasteiger partial charge in [-0.15, -0.1) is 0 Å². The van der Waals surface area contributed by atoms with Crippen molar-refractivity contribution in [3.8, 4) is 0 Å². The molecule has 23 heavy (non-hydrogen) atoms. The summed E-state index contributed by atoms with van der Waals surface area (Å²) in [7, 11) is 0. The van der Waals surface area contributed by atoms with E-state index < -0.39 is 54.9 Å². The number of hydrogen-bond acceptors (Lipinski definition) is 7. The lowest BCUT2D eigenvalue weighted by Gasteiger charge is -2.21. The average Bonchev–Trinajstić information content (AvgIpc) is 2.47. The molecule has 132 valence electrons. The maximum absolute atomic E-state index is 11.9. The summed E-state index contributed by atoms with van der Waals surface area (Å²) in [6.07, 6.45) is 1.31. The average molecular weight is 351 g/mol. The lowest BCUT2D eigenvalue weighted by Crippen LogP contribution is -2.56. The Labute approximate surface area is 136 Å². The maximum atomic E-state index is 11.9. The first kappa shape index (κ1) is 21.1. The van der Waals surface area contributed by atoms with Crippen molar-refractivity contribution in [1.29, 1.82) is 0 Å². The highest BCUT2D eigenvalue weighted by Gasteiger charge is 2.27. The molecule has 3 atom stereocenters. The minimum Gasteiger partial charge on any atom is -0.481 e. The fourth-order valence-electron chi connectivity index (χ4n) is 1.52. The molecule has 0 unspecified atom stereocenters. The summed E-state index contributed by atoms with van der Waals surface area (Å²) in [6.45, 7) is -0.785. The summed E-state index contributed by atoms with van der Waals surface area (Å²) in [5.41, 5.74) is 5.33. The van der Waals surface area contributed by atoms with E-state index in [-0.39, 0.29) is 6.42 Å². The van der Waals surface area contributed by atoms with Crippen molar-refractivity contribution in [2.75, 3.05) is 18.6 Å². The van der Waals surface area contributed by atoms with E-state index in [0.717, 1.165) is 0 Å². The molecule has 7 N–H and O–H groups in total. The number of carboxylic acid groups (broad SMARTS) is 2. The van der Waals surface area contributed by atoms with Gasteiger partial charge in [0.2, 0.25) is 11.8 Å². The van der Waals surface area contributed by atoms with Crippen LogP contribution in [0.25, 0.3) is 0 Å². The lowest BCUT2D eigenvalue weighted by molar-refractivity contribution is -0.143. The second-order valence-electron chi connectivity index (χ2n) is 4.63. The van der Waals surface area contributed by atoms with Gasteiger partial charge < -0.3 is 31.7 Å². The molecule has 0 bridgehead atoms. The van der Waals surface area contributed by atoms with Gasteiger partial charge in [0.15, 0.2) is 0 Å². The zero-order chi connectivity index (χ0) is 18.0. The third-order valence-corrected chi connectivity index (χ3v) is 3.42. The monoisotopic (exact) mass is 351 g/mol. The van der Waals surface area contributed by atoms with Crippen LogP contribution in [0.15, 0.2) is 0 Å². The predicted molar refractivity (Wildman–Crippen MR) is 81.8 cm³/mol. The number of carboxylic acids is 2. The highest BCUT2D eigenvalue weighted by atomic mass is 32.2. The van der Waals surface area contributed by atoms with Crippen LogP contribution in [0.5, 0.6) is 0 Å². The number of nitrogens with one attached hydrogen (secondary N) is 2. The predicted octanol–water partition coefficient (Wildman–Crippen LogP) is -2.41. The van der Waals surface area contributed by atoms with Crippen molar-refractivity contribution >= 4 is 35.5 Å². The number of aliphatic hydroxyl groups excluding tert-OH is 1. The number of amides is 2. The van der Waals surface area contributed by atoms with Gasteiger partial charge in [-0.3, -0.25) is 14.4 Å². The zero-order valence-corrected chi connectivity index (χ0v) is 13.3. The maximum Gasteiger partial charge on any atom is 0.326 e. The van der Waals surface area contributed by atoms with E-state index in [0.29, 0.717) is 5.75 Å². The summed E-state index contributed by atoms with van der Waals surface area (Å²) < 4.78 is 0. The third-order valence-electron chi connectivity index (χ3n) is 2.77. The third kappa shape index (κ3) is 8.38. The Kier molecular flexibility index (Phi) is 9.94. The molecule has 0 saturated carbocycles. The number of thioether (sulfide) groups is 1. The molecule has 0 aromatic rings. The summed E-state index contributed by atoms with van der Waals surface area (Å²) in [5.74, 6) is -3.86. The van der Waals surface area contributed by atoms with Crippen molar-refractivity contribution in [3.63, 3.8) is 0 Å². The van der Waals surface area contributed by atoms with Crippen molar-refractivity contribution in [1.82, 2.24) is 10.6 Å². The smallest absolute Gasteiger partial charge is 0.326 e. The molecule has 2 amide bonds. The van der Waals surface area contributed by atoms with Gasteiger partial charge in [0.1, 0.15) is 12.1 Å². The van der Waals surface area contributed by atoms with Gasteiger partial charge in [-0.25, -0.2) is 4.79 Å². The molecule has 0 aromatic heterocycles. The Hall–Kier alpha value is -1.85. The first-order valence-electron chi connectivity index (χ1n) is 6.63. The minimum atomic E-state index is -1.42. The molecule has 0 spiro atoms. The van der Waals surface area contributed by atoms with Crippen LogP contribution < -0.4 is 16.4 Å². The molecule has 0 fully saturated rings. The Morgan fingerprint density at radius 3 is 2.09 bits per heavy atom. The van der Waals surface area contributed by atoms with Crippen molar-refractivity contribution in [3.05, 3.63) is 0 Å². The van der Waals surface area contributed by atoms with E-state index in [9.17, 15) is 19.2 Å². The quantitative estimate of drug-likeness (QED) is 0.236. The number of carbonyl (C=O) groups excluding carboxylic acids is 2. The highest BCUT2D eigenvalue weighted by Crippen LogP contribution is 2.02. The number of nitrogens with two attached hydrogens (primary N) is 1. The van der Waals surface area contributed by atoms with Crippen LogP contribution in [-0.4, -0.2) is 75.8 Å². The van der Waals surface area contributed by atoms with Crippen LogP contribution in [0, 0.1) is 0 Å². The van der Waals surface area contributed by atoms with E-state index >= 15 is 0 Å². The van der Waals surface area contributed by atoms with Crippen LogP contribution in [0.1, 0.15) is 12.8 Å². The second-order valence-corrected chi connectivity index (χ2v) is 5.61. The van der Waals surface area contributed by atoms with Gasteiger partial charge in [-0.1, -0.05) is 0 Å². The van der Waals surface area contributed by atoms with E-state index in [4.69, 9.17) is 21.1 Å². The van der Waals surface area contributed by atoms with E-state index in [1.807, 2.05) is 0 Å². The number of aliphatic carboxylic acids is 2. The Morgan fingerprint density at radius 2 is 1.65 bits per heavy atom. The van der Waals surface area contributed by atoms with Crippen molar-refractivity contribution in [2.45, 2.75) is 31.0 Å². The van der Waals surface area contributed by atoms with E-state index in [1.54, 1.807) is 6.26 Å². The van der Waals surface area contributed by atoms with Crippen molar-refractivity contribution < 1.29 is 34.5 Å². The van der Waals surface area contributed by atoms with Gasteiger partial charge in [-0.2, -0.15) is 11.8 Å². The fourth-order valence-corrected chi connectivity index (χ4v) is 1.99. The molecular formula is C12H21N3O7S. The van der Waals surface area contributed by atoms with Crippen LogP contribution in [-0.2, 0) is 19.2 Å². The Balaban J connectivity index is 4.69. The minimum absolute atomic E-state index is 0.173. The molecule has 10 nitrogen and oxygen atoms in total. The highest BCUT2D eigenvalue weighted by molar-refractivity contribution is 7.98. The first-order chi connectivity index (χ1) is 10.7. The van der Waals surface area contributed by atoms with Gasteiger partial charge in [-0.05, 0) is 18.4 Å². The molecule has 0 aromatic carbocycles. The van der Waals surface area contributed by atoms with Crippen LogP contribution >= 0.6 is 11.8 Å². The normalized spacial score (nSPS) is 14.4. The standard InChI is InChI=1S/C12H21N3O7S/c1-23-3-2-7(12(21)22)14-11(20)8(5-16)15-10(19)6(13)4-9(17)18/h6-8,16H,2-5,13H2,1H3,(H,14,20)(H,15,19)(H,17,18)(H,21,22)/t6-,7-,8-/m0/s1. The number of rotatable bonds is 11. The van der Waals surface area contributed by atoms with Gasteiger partial charge in [0.25, 0.3) is 0 Å². The zero-order valence-electron chi connectivity index (χ0n) is 12.5. The molecule has 0 heterocycles. The molecule has 0 radical (unpaired) electrons. The van der Waals surface area contributed by atoms with E-state index in [1.165, 1.54) is 11.8 Å².